The molecule has 5 heteroatoms. The number of hydrogen-bond acceptors (Lipinski definition) is 3. The molecule has 1 aliphatic heterocycles. The SMILES string of the molecule is C=CC(CCC1C(C)C(Br)=CN[S+]1[O-])OC. The summed E-state index contributed by atoms with van der Waals surface area (Å²) in [6, 6.07) is 0. The van der Waals surface area contributed by atoms with Crippen LogP contribution in [0.2, 0.25) is 0 Å². The van der Waals surface area contributed by atoms with Crippen molar-refractivity contribution >= 4 is 27.3 Å². The molecule has 4 unspecified atom stereocenters. The van der Waals surface area contributed by atoms with Gasteiger partial charge in [0.05, 0.1) is 23.7 Å². The zero-order chi connectivity index (χ0) is 12.1. The Balaban J connectivity index is 2.52. The van der Waals surface area contributed by atoms with Gasteiger partial charge in [0.15, 0.2) is 0 Å². The molecule has 1 heterocycles. The molecule has 0 aromatic heterocycles. The van der Waals surface area contributed by atoms with Gasteiger partial charge in [-0.15, -0.1) is 6.58 Å². The molecule has 0 aromatic rings. The van der Waals surface area contributed by atoms with Crippen LogP contribution in [0.5, 0.6) is 0 Å². The van der Waals surface area contributed by atoms with E-state index in [0.717, 1.165) is 17.3 Å². The Bertz CT molecular complexity index is 273. The molecule has 1 rings (SSSR count). The molecule has 92 valence electrons. The van der Waals surface area contributed by atoms with Crippen LogP contribution in [-0.2, 0) is 16.1 Å². The molecule has 16 heavy (non-hydrogen) atoms. The van der Waals surface area contributed by atoms with Crippen LogP contribution in [0.25, 0.3) is 0 Å². The molecule has 0 radical (unpaired) electrons. The van der Waals surface area contributed by atoms with Gasteiger partial charge in [0, 0.05) is 23.9 Å². The average Bonchev–Trinajstić information content (AvgIpc) is 2.29. The number of nitrogens with one attached hydrogen (secondary N) is 1. The molecular formula is C11H18BrNO2S. The maximum Gasteiger partial charge on any atom is 0.148 e. The Morgan fingerprint density at radius 1 is 1.81 bits per heavy atom. The quantitative estimate of drug-likeness (QED) is 0.627. The molecule has 1 aliphatic rings. The molecule has 0 fully saturated rings. The van der Waals surface area contributed by atoms with Crippen molar-refractivity contribution in [2.45, 2.75) is 31.1 Å². The lowest BCUT2D eigenvalue weighted by Crippen LogP contribution is -2.40. The van der Waals surface area contributed by atoms with Gasteiger partial charge in [-0.1, -0.05) is 28.9 Å². The first kappa shape index (κ1) is 14.1. The smallest absolute Gasteiger partial charge is 0.148 e. The van der Waals surface area contributed by atoms with Gasteiger partial charge >= 0.3 is 0 Å². The Morgan fingerprint density at radius 3 is 3.06 bits per heavy atom. The minimum Gasteiger partial charge on any atom is -0.593 e. The molecule has 0 aromatic carbocycles. The highest BCUT2D eigenvalue weighted by Gasteiger charge is 2.34. The van der Waals surface area contributed by atoms with Gasteiger partial charge in [-0.2, -0.15) is 0 Å². The number of allylic oxidation sites excluding steroid dienone is 1. The van der Waals surface area contributed by atoms with E-state index in [9.17, 15) is 4.55 Å². The van der Waals surface area contributed by atoms with E-state index in [1.807, 2.05) is 0 Å². The molecular weight excluding hydrogens is 290 g/mol. The van der Waals surface area contributed by atoms with Crippen molar-refractivity contribution in [3.05, 3.63) is 23.3 Å². The lowest BCUT2D eigenvalue weighted by atomic mass is 10.0. The van der Waals surface area contributed by atoms with Crippen molar-refractivity contribution < 1.29 is 9.29 Å². The maximum atomic E-state index is 11.8. The van der Waals surface area contributed by atoms with E-state index in [4.69, 9.17) is 4.74 Å². The maximum absolute atomic E-state index is 11.8. The Kier molecular flexibility index (Phi) is 5.89. The first-order valence-corrected chi connectivity index (χ1v) is 7.28. The van der Waals surface area contributed by atoms with Gasteiger partial charge in [-0.05, 0) is 6.42 Å². The van der Waals surface area contributed by atoms with E-state index in [2.05, 4.69) is 34.2 Å². The highest BCUT2D eigenvalue weighted by molar-refractivity contribution is 9.11. The standard InChI is InChI=1S/C11H18BrNO2S/c1-4-9(15-3)5-6-11-8(2)10(12)7-13-16(11)14/h4,7-9,11,13H,1,5-6H2,2-3H3. The fourth-order valence-corrected chi connectivity index (χ4v) is 3.76. The summed E-state index contributed by atoms with van der Waals surface area (Å²) in [5.41, 5.74) is 0. The number of methoxy groups -OCH3 is 1. The van der Waals surface area contributed by atoms with E-state index >= 15 is 0 Å². The molecule has 0 saturated carbocycles. The van der Waals surface area contributed by atoms with E-state index < -0.39 is 11.4 Å². The van der Waals surface area contributed by atoms with Gasteiger partial charge in [0.1, 0.15) is 5.25 Å². The largest absolute Gasteiger partial charge is 0.593 e. The normalized spacial score (nSPS) is 31.5. The van der Waals surface area contributed by atoms with E-state index in [-0.39, 0.29) is 17.3 Å². The van der Waals surface area contributed by atoms with Gasteiger partial charge in [0.2, 0.25) is 0 Å². The zero-order valence-corrected chi connectivity index (χ0v) is 12.0. The Labute approximate surface area is 109 Å². The number of halogens is 1. The summed E-state index contributed by atoms with van der Waals surface area (Å²) in [6.45, 7) is 5.79. The molecule has 4 atom stereocenters. The fraction of sp³-hybridized carbons (Fsp3) is 0.636. The molecule has 3 nitrogen and oxygen atoms in total. The van der Waals surface area contributed by atoms with Crippen molar-refractivity contribution in [2.75, 3.05) is 7.11 Å². The third kappa shape index (κ3) is 3.52. The highest BCUT2D eigenvalue weighted by atomic mass is 79.9. The molecule has 0 bridgehead atoms. The lowest BCUT2D eigenvalue weighted by Gasteiger charge is -2.30. The van der Waals surface area contributed by atoms with Crippen LogP contribution in [0.3, 0.4) is 0 Å². The summed E-state index contributed by atoms with van der Waals surface area (Å²) in [5.74, 6) is 0.282. The predicted molar refractivity (Wildman–Crippen MR) is 71.5 cm³/mol. The summed E-state index contributed by atoms with van der Waals surface area (Å²) < 4.78 is 21.0. The van der Waals surface area contributed by atoms with E-state index in [0.29, 0.717) is 0 Å². The number of ether oxygens (including phenoxy) is 1. The van der Waals surface area contributed by atoms with Crippen LogP contribution in [0.1, 0.15) is 19.8 Å². The summed E-state index contributed by atoms with van der Waals surface area (Å²) >= 11 is 2.48. The third-order valence-electron chi connectivity index (χ3n) is 2.88. The summed E-state index contributed by atoms with van der Waals surface area (Å²) in [5, 5.41) is 0.122. The topological polar surface area (TPSA) is 44.3 Å². The van der Waals surface area contributed by atoms with Gasteiger partial charge in [-0.25, -0.2) is 4.72 Å². The van der Waals surface area contributed by atoms with E-state index in [1.54, 1.807) is 19.4 Å². The second-order valence-corrected chi connectivity index (χ2v) is 6.21. The monoisotopic (exact) mass is 307 g/mol. The van der Waals surface area contributed by atoms with Crippen LogP contribution < -0.4 is 4.72 Å². The molecule has 0 saturated heterocycles. The molecule has 0 spiro atoms. The Hall–Kier alpha value is 0.0300. The van der Waals surface area contributed by atoms with Crippen LogP contribution in [-0.4, -0.2) is 23.0 Å². The van der Waals surface area contributed by atoms with Crippen molar-refractivity contribution in [2.24, 2.45) is 5.92 Å². The fourth-order valence-electron chi connectivity index (χ4n) is 1.71. The Morgan fingerprint density at radius 2 is 2.50 bits per heavy atom. The van der Waals surface area contributed by atoms with Crippen molar-refractivity contribution in [3.8, 4) is 0 Å². The minimum atomic E-state index is -0.995. The lowest BCUT2D eigenvalue weighted by molar-refractivity contribution is 0.131. The summed E-state index contributed by atoms with van der Waals surface area (Å²) in [7, 11) is 1.67. The highest BCUT2D eigenvalue weighted by Crippen LogP contribution is 2.31. The van der Waals surface area contributed by atoms with Crippen LogP contribution in [0, 0.1) is 5.92 Å². The van der Waals surface area contributed by atoms with Crippen molar-refractivity contribution in [1.29, 1.82) is 0 Å². The van der Waals surface area contributed by atoms with E-state index in [1.165, 1.54) is 0 Å². The first-order valence-electron chi connectivity index (χ1n) is 5.27. The number of rotatable bonds is 5. The minimum absolute atomic E-state index is 0.0499. The second kappa shape index (κ2) is 6.69. The zero-order valence-electron chi connectivity index (χ0n) is 9.61. The van der Waals surface area contributed by atoms with Crippen molar-refractivity contribution in [3.63, 3.8) is 0 Å². The predicted octanol–water partition coefficient (Wildman–Crippen LogP) is 2.48. The first-order chi connectivity index (χ1) is 7.60. The summed E-state index contributed by atoms with van der Waals surface area (Å²) in [6.07, 6.45) is 5.32. The molecule has 1 N–H and O–H groups in total. The third-order valence-corrected chi connectivity index (χ3v) is 5.38. The van der Waals surface area contributed by atoms with Gasteiger partial charge in [0.25, 0.3) is 0 Å². The van der Waals surface area contributed by atoms with Gasteiger partial charge in [-0.3, -0.25) is 0 Å². The molecule has 0 amide bonds. The molecule has 0 aliphatic carbocycles. The van der Waals surface area contributed by atoms with Crippen LogP contribution >= 0.6 is 15.9 Å². The van der Waals surface area contributed by atoms with Crippen molar-refractivity contribution in [1.82, 2.24) is 4.72 Å². The van der Waals surface area contributed by atoms with Gasteiger partial charge < -0.3 is 9.29 Å². The number of hydrogen-bond donors (Lipinski definition) is 1. The van der Waals surface area contributed by atoms with Crippen LogP contribution in [0.4, 0.5) is 0 Å². The summed E-state index contributed by atoms with van der Waals surface area (Å²) in [4.78, 5) is 0. The van der Waals surface area contributed by atoms with Crippen LogP contribution in [0.15, 0.2) is 23.3 Å². The average molecular weight is 308 g/mol. The second-order valence-electron chi connectivity index (χ2n) is 3.86.